The lowest BCUT2D eigenvalue weighted by Gasteiger charge is -2.18. The zero-order valence-electron chi connectivity index (χ0n) is 10.8. The SMILES string of the molecule is CC(=O)c1ccc(C)cc1OC1CS(=O)(=O)CC1O. The predicted molar refractivity (Wildman–Crippen MR) is 70.3 cm³/mol. The Morgan fingerprint density at radius 2 is 2.05 bits per heavy atom. The second kappa shape index (κ2) is 4.94. The molecule has 2 atom stereocenters. The van der Waals surface area contributed by atoms with E-state index in [4.69, 9.17) is 4.74 Å². The van der Waals surface area contributed by atoms with Gasteiger partial charge in [-0.15, -0.1) is 0 Å². The van der Waals surface area contributed by atoms with E-state index in [2.05, 4.69) is 0 Å². The normalized spacial score (nSPS) is 25.2. The summed E-state index contributed by atoms with van der Waals surface area (Å²) in [4.78, 5) is 11.5. The average molecular weight is 284 g/mol. The van der Waals surface area contributed by atoms with Gasteiger partial charge in [0.25, 0.3) is 0 Å². The van der Waals surface area contributed by atoms with E-state index in [0.717, 1.165) is 5.56 Å². The van der Waals surface area contributed by atoms with Gasteiger partial charge in [-0.3, -0.25) is 4.79 Å². The minimum Gasteiger partial charge on any atom is -0.486 e. The first-order valence-corrected chi connectivity index (χ1v) is 7.77. The summed E-state index contributed by atoms with van der Waals surface area (Å²) in [6.45, 7) is 3.26. The number of Topliss-reactive ketones (excluding diaryl/α,β-unsaturated/α-hetero) is 1. The van der Waals surface area contributed by atoms with E-state index in [1.54, 1.807) is 18.2 Å². The van der Waals surface area contributed by atoms with Crippen LogP contribution in [0.15, 0.2) is 18.2 Å². The Hall–Kier alpha value is -1.40. The Bertz CT molecular complexity index is 605. The fourth-order valence-corrected chi connectivity index (χ4v) is 3.75. The summed E-state index contributed by atoms with van der Waals surface area (Å²) in [5.41, 5.74) is 1.29. The molecule has 5 nitrogen and oxygen atoms in total. The molecule has 0 aliphatic carbocycles. The molecule has 1 aliphatic heterocycles. The number of aliphatic hydroxyl groups excluding tert-OH is 1. The maximum absolute atomic E-state index is 11.5. The van der Waals surface area contributed by atoms with Crippen LogP contribution in [0, 0.1) is 6.92 Å². The van der Waals surface area contributed by atoms with Crippen LogP contribution in [0.4, 0.5) is 0 Å². The summed E-state index contributed by atoms with van der Waals surface area (Å²) >= 11 is 0. The van der Waals surface area contributed by atoms with E-state index in [1.165, 1.54) is 6.92 Å². The van der Waals surface area contributed by atoms with Crippen molar-refractivity contribution in [2.75, 3.05) is 11.5 Å². The molecule has 1 saturated heterocycles. The van der Waals surface area contributed by atoms with E-state index >= 15 is 0 Å². The average Bonchev–Trinajstić information content (AvgIpc) is 2.51. The molecule has 0 radical (unpaired) electrons. The quantitative estimate of drug-likeness (QED) is 0.828. The van der Waals surface area contributed by atoms with Crippen molar-refractivity contribution >= 4 is 15.6 Å². The molecule has 0 saturated carbocycles. The summed E-state index contributed by atoms with van der Waals surface area (Å²) in [6, 6.07) is 5.10. The zero-order chi connectivity index (χ0) is 14.2. The van der Waals surface area contributed by atoms with E-state index in [9.17, 15) is 18.3 Å². The highest BCUT2D eigenvalue weighted by Gasteiger charge is 2.38. The zero-order valence-corrected chi connectivity index (χ0v) is 11.6. The molecule has 0 aromatic heterocycles. The van der Waals surface area contributed by atoms with Crippen LogP contribution < -0.4 is 4.74 Å². The number of aliphatic hydroxyl groups is 1. The summed E-state index contributed by atoms with van der Waals surface area (Å²) in [5, 5.41) is 9.70. The Labute approximate surface area is 112 Å². The van der Waals surface area contributed by atoms with Gasteiger partial charge in [0.05, 0.1) is 17.1 Å². The fourth-order valence-electron chi connectivity index (χ4n) is 2.09. The monoisotopic (exact) mass is 284 g/mol. The minimum absolute atomic E-state index is 0.162. The Morgan fingerprint density at radius 3 is 2.58 bits per heavy atom. The first-order valence-electron chi connectivity index (χ1n) is 5.95. The molecule has 0 amide bonds. The number of ketones is 1. The fraction of sp³-hybridized carbons (Fsp3) is 0.462. The lowest BCUT2D eigenvalue weighted by Crippen LogP contribution is -2.30. The third kappa shape index (κ3) is 3.13. The molecule has 1 aromatic carbocycles. The van der Waals surface area contributed by atoms with E-state index in [0.29, 0.717) is 11.3 Å². The highest BCUT2D eigenvalue weighted by Crippen LogP contribution is 2.25. The summed E-state index contributed by atoms with van der Waals surface area (Å²) < 4.78 is 28.4. The predicted octanol–water partition coefficient (Wildman–Crippen LogP) is 0.734. The number of rotatable bonds is 3. The molecule has 1 aliphatic rings. The van der Waals surface area contributed by atoms with Gasteiger partial charge >= 0.3 is 0 Å². The molecule has 1 heterocycles. The van der Waals surface area contributed by atoms with Crippen molar-refractivity contribution < 1.29 is 23.1 Å². The topological polar surface area (TPSA) is 80.7 Å². The number of aryl methyl sites for hydroxylation is 1. The maximum Gasteiger partial charge on any atom is 0.163 e. The van der Waals surface area contributed by atoms with Gasteiger partial charge in [-0.1, -0.05) is 6.07 Å². The van der Waals surface area contributed by atoms with Crippen molar-refractivity contribution in [3.63, 3.8) is 0 Å². The van der Waals surface area contributed by atoms with Crippen LogP contribution in [0.3, 0.4) is 0 Å². The summed E-state index contributed by atoms with van der Waals surface area (Å²) in [7, 11) is -3.27. The van der Waals surface area contributed by atoms with Crippen LogP contribution in [0.2, 0.25) is 0 Å². The molecule has 1 N–H and O–H groups in total. The molecule has 0 bridgehead atoms. The molecule has 6 heteroatoms. The van der Waals surface area contributed by atoms with Gasteiger partial charge in [0, 0.05) is 0 Å². The van der Waals surface area contributed by atoms with Crippen molar-refractivity contribution in [1.29, 1.82) is 0 Å². The van der Waals surface area contributed by atoms with Gasteiger partial charge < -0.3 is 9.84 Å². The van der Waals surface area contributed by atoms with E-state index < -0.39 is 22.0 Å². The Balaban J connectivity index is 2.29. The first-order chi connectivity index (χ1) is 8.78. The molecule has 0 spiro atoms. The largest absolute Gasteiger partial charge is 0.486 e. The third-order valence-electron chi connectivity index (χ3n) is 3.07. The van der Waals surface area contributed by atoms with Crippen LogP contribution in [-0.2, 0) is 9.84 Å². The third-order valence-corrected chi connectivity index (χ3v) is 4.75. The summed E-state index contributed by atoms with van der Waals surface area (Å²) in [5.74, 6) is -0.350. The van der Waals surface area contributed by atoms with Crippen molar-refractivity contribution in [1.82, 2.24) is 0 Å². The molecular weight excluding hydrogens is 268 g/mol. The van der Waals surface area contributed by atoms with Crippen LogP contribution in [0.5, 0.6) is 5.75 Å². The van der Waals surface area contributed by atoms with Crippen LogP contribution in [0.25, 0.3) is 0 Å². The molecule has 2 unspecified atom stereocenters. The van der Waals surface area contributed by atoms with Gasteiger partial charge in [0.2, 0.25) is 0 Å². The Morgan fingerprint density at radius 1 is 1.37 bits per heavy atom. The smallest absolute Gasteiger partial charge is 0.163 e. The van der Waals surface area contributed by atoms with E-state index in [1.807, 2.05) is 6.92 Å². The second-order valence-electron chi connectivity index (χ2n) is 4.86. The van der Waals surface area contributed by atoms with Gasteiger partial charge in [-0.05, 0) is 31.5 Å². The van der Waals surface area contributed by atoms with Gasteiger partial charge in [-0.2, -0.15) is 0 Å². The van der Waals surface area contributed by atoms with Gasteiger partial charge in [0.1, 0.15) is 18.0 Å². The number of carbonyl (C=O) groups excluding carboxylic acids is 1. The van der Waals surface area contributed by atoms with Crippen molar-refractivity contribution in [3.05, 3.63) is 29.3 Å². The van der Waals surface area contributed by atoms with Crippen molar-refractivity contribution in [3.8, 4) is 5.75 Å². The second-order valence-corrected chi connectivity index (χ2v) is 7.01. The molecule has 1 aromatic rings. The van der Waals surface area contributed by atoms with Crippen LogP contribution in [0.1, 0.15) is 22.8 Å². The number of hydrogen-bond donors (Lipinski definition) is 1. The van der Waals surface area contributed by atoms with Crippen molar-refractivity contribution in [2.45, 2.75) is 26.1 Å². The molecule has 1 fully saturated rings. The summed E-state index contributed by atoms with van der Waals surface area (Å²) in [6.07, 6.45) is -1.87. The molecule has 104 valence electrons. The number of ether oxygens (including phenoxy) is 1. The van der Waals surface area contributed by atoms with Crippen LogP contribution in [-0.4, -0.2) is 43.0 Å². The maximum atomic E-state index is 11.5. The Kier molecular flexibility index (Phi) is 3.64. The number of hydrogen-bond acceptors (Lipinski definition) is 5. The van der Waals surface area contributed by atoms with E-state index in [-0.39, 0.29) is 17.3 Å². The number of carbonyl (C=O) groups is 1. The van der Waals surface area contributed by atoms with Gasteiger partial charge in [-0.25, -0.2) is 8.42 Å². The minimum atomic E-state index is -3.27. The lowest BCUT2D eigenvalue weighted by atomic mass is 10.1. The van der Waals surface area contributed by atoms with Gasteiger partial charge in [0.15, 0.2) is 15.6 Å². The molecular formula is C13H16O5S. The highest BCUT2D eigenvalue weighted by atomic mass is 32.2. The highest BCUT2D eigenvalue weighted by molar-refractivity contribution is 7.91. The number of benzene rings is 1. The van der Waals surface area contributed by atoms with Crippen molar-refractivity contribution in [2.24, 2.45) is 0 Å². The first kappa shape index (κ1) is 14.0. The number of sulfone groups is 1. The molecule has 19 heavy (non-hydrogen) atoms. The van der Waals surface area contributed by atoms with Crippen LogP contribution >= 0.6 is 0 Å². The molecule has 2 rings (SSSR count). The lowest BCUT2D eigenvalue weighted by molar-refractivity contribution is 0.0722. The standard InChI is InChI=1S/C13H16O5S/c1-8-3-4-10(9(2)14)12(5-8)18-13-7-19(16,17)6-11(13)15/h3-5,11,13,15H,6-7H2,1-2H3.